The predicted octanol–water partition coefficient (Wildman–Crippen LogP) is 3.09. The number of imide groups is 1. The zero-order valence-corrected chi connectivity index (χ0v) is 17.0. The van der Waals surface area contributed by atoms with E-state index in [-0.39, 0.29) is 17.1 Å². The number of carbonyl (C=O) groups is 4. The van der Waals surface area contributed by atoms with Gasteiger partial charge in [-0.05, 0) is 53.2 Å². The van der Waals surface area contributed by atoms with Crippen LogP contribution in [0.1, 0.15) is 21.5 Å². The highest BCUT2D eigenvalue weighted by Gasteiger charge is 2.36. The highest BCUT2D eigenvalue weighted by Crippen LogP contribution is 2.34. The van der Waals surface area contributed by atoms with Gasteiger partial charge >= 0.3 is 11.9 Å². The third kappa shape index (κ3) is 5.23. The number of aliphatic carboxylic acids is 1. The summed E-state index contributed by atoms with van der Waals surface area (Å²) in [6.07, 6.45) is 1.47. The molecule has 2 amide bonds. The summed E-state index contributed by atoms with van der Waals surface area (Å²) in [6, 6.07) is 11.2. The summed E-state index contributed by atoms with van der Waals surface area (Å²) in [5.74, 6) is -2.21. The van der Waals surface area contributed by atoms with Crippen molar-refractivity contribution in [2.75, 3.05) is 13.7 Å². The Hall–Kier alpha value is -3.79. The molecule has 1 fully saturated rings. The first-order valence-corrected chi connectivity index (χ1v) is 9.70. The number of benzene rings is 2. The number of hydrogen-bond donors (Lipinski definition) is 2. The fourth-order valence-electron chi connectivity index (χ4n) is 2.77. The highest BCUT2D eigenvalue weighted by atomic mass is 32.2. The molecule has 0 unspecified atom stereocenters. The lowest BCUT2D eigenvalue weighted by atomic mass is 10.1. The second-order valence-electron chi connectivity index (χ2n) is 6.37. The number of thioether (sulfide) groups is 1. The summed E-state index contributed by atoms with van der Waals surface area (Å²) in [6.45, 7) is -0.577. The van der Waals surface area contributed by atoms with Crippen LogP contribution in [0.2, 0.25) is 0 Å². The van der Waals surface area contributed by atoms with E-state index >= 15 is 0 Å². The van der Waals surface area contributed by atoms with Crippen LogP contribution in [0.15, 0.2) is 47.4 Å². The van der Waals surface area contributed by atoms with E-state index in [0.717, 1.165) is 0 Å². The van der Waals surface area contributed by atoms with Gasteiger partial charge in [0.1, 0.15) is 13.2 Å². The summed E-state index contributed by atoms with van der Waals surface area (Å²) in [7, 11) is 1.44. The second kappa shape index (κ2) is 9.35. The van der Waals surface area contributed by atoms with Gasteiger partial charge in [0.15, 0.2) is 11.5 Å². The number of carboxylic acids is 2. The molecule has 1 aliphatic heterocycles. The summed E-state index contributed by atoms with van der Waals surface area (Å²) < 4.78 is 11.1. The van der Waals surface area contributed by atoms with Crippen molar-refractivity contribution < 1.29 is 38.9 Å². The number of nitrogens with zero attached hydrogens (tertiary/aromatic N) is 1. The van der Waals surface area contributed by atoms with Crippen LogP contribution in [0.5, 0.6) is 11.5 Å². The lowest BCUT2D eigenvalue weighted by molar-refractivity contribution is -0.140. The molecule has 0 aromatic heterocycles. The van der Waals surface area contributed by atoms with Crippen LogP contribution in [-0.4, -0.2) is 51.9 Å². The molecule has 0 bridgehead atoms. The molecule has 0 aliphatic carbocycles. The number of methoxy groups -OCH3 is 1. The Kier molecular flexibility index (Phi) is 6.61. The first-order valence-electron chi connectivity index (χ1n) is 8.88. The largest absolute Gasteiger partial charge is 0.493 e. The van der Waals surface area contributed by atoms with E-state index < -0.39 is 29.6 Å². The molecule has 0 saturated carbocycles. The van der Waals surface area contributed by atoms with Crippen LogP contribution in [0.25, 0.3) is 6.08 Å². The van der Waals surface area contributed by atoms with Crippen molar-refractivity contribution in [1.29, 1.82) is 0 Å². The first-order chi connectivity index (χ1) is 14.8. The van der Waals surface area contributed by atoms with Gasteiger partial charge in [-0.2, -0.15) is 0 Å². The Balaban J connectivity index is 1.76. The third-order valence-electron chi connectivity index (χ3n) is 4.22. The molecule has 9 nitrogen and oxygen atoms in total. The minimum absolute atomic E-state index is 0.104. The molecule has 0 radical (unpaired) electrons. The Morgan fingerprint density at radius 1 is 1.10 bits per heavy atom. The van der Waals surface area contributed by atoms with Crippen LogP contribution in [-0.2, 0) is 16.2 Å². The summed E-state index contributed by atoms with van der Waals surface area (Å²) in [5.41, 5.74) is 1.37. The Morgan fingerprint density at radius 3 is 2.55 bits per heavy atom. The van der Waals surface area contributed by atoms with E-state index in [0.29, 0.717) is 39.3 Å². The van der Waals surface area contributed by atoms with Gasteiger partial charge in [0.25, 0.3) is 11.1 Å². The lowest BCUT2D eigenvalue weighted by Gasteiger charge is -2.12. The quantitative estimate of drug-likeness (QED) is 0.591. The fourth-order valence-corrected chi connectivity index (χ4v) is 3.61. The molecule has 10 heteroatoms. The normalized spacial score (nSPS) is 14.7. The zero-order valence-electron chi connectivity index (χ0n) is 16.2. The first kappa shape index (κ1) is 21.9. The van der Waals surface area contributed by atoms with Crippen LogP contribution in [0, 0.1) is 0 Å². The number of ether oxygens (including phenoxy) is 2. The van der Waals surface area contributed by atoms with Gasteiger partial charge in [0, 0.05) is 0 Å². The van der Waals surface area contributed by atoms with E-state index in [2.05, 4.69) is 0 Å². The predicted molar refractivity (Wildman–Crippen MR) is 111 cm³/mol. The Bertz CT molecular complexity index is 1090. The topological polar surface area (TPSA) is 130 Å². The maximum atomic E-state index is 12.3. The number of hydrogen-bond acceptors (Lipinski definition) is 7. The minimum atomic E-state index is -1.28. The fraction of sp³-hybridized carbons (Fsp3) is 0.143. The Labute approximate surface area is 180 Å². The second-order valence-corrected chi connectivity index (χ2v) is 7.36. The summed E-state index contributed by atoms with van der Waals surface area (Å²) >= 11 is 0.663. The van der Waals surface area contributed by atoms with Crippen LogP contribution >= 0.6 is 11.8 Å². The summed E-state index contributed by atoms with van der Waals surface area (Å²) in [5, 5.41) is 17.3. The van der Waals surface area contributed by atoms with Crippen LogP contribution in [0.4, 0.5) is 4.79 Å². The van der Waals surface area contributed by atoms with E-state index in [4.69, 9.17) is 19.7 Å². The van der Waals surface area contributed by atoms with Crippen molar-refractivity contribution in [3.8, 4) is 11.5 Å². The average molecular weight is 443 g/mol. The smallest absolute Gasteiger partial charge is 0.335 e. The van der Waals surface area contributed by atoms with Gasteiger partial charge in [-0.25, -0.2) is 4.79 Å². The number of carbonyl (C=O) groups excluding carboxylic acids is 2. The molecule has 1 aliphatic rings. The maximum absolute atomic E-state index is 12.3. The third-order valence-corrected chi connectivity index (χ3v) is 5.13. The summed E-state index contributed by atoms with van der Waals surface area (Å²) in [4.78, 5) is 46.8. The average Bonchev–Trinajstić information content (AvgIpc) is 2.99. The van der Waals surface area contributed by atoms with E-state index in [1.165, 1.54) is 25.3 Å². The number of amides is 2. The van der Waals surface area contributed by atoms with Gasteiger partial charge in [-0.1, -0.05) is 18.2 Å². The monoisotopic (exact) mass is 443 g/mol. The zero-order chi connectivity index (χ0) is 22.5. The SMILES string of the molecule is COc1cc(/C=C2\SC(=O)N(CC(=O)O)C2=O)ccc1OCc1cccc(C(=O)O)c1. The number of carboxylic acid groups (broad SMARTS) is 2. The molecule has 31 heavy (non-hydrogen) atoms. The van der Waals surface area contributed by atoms with Gasteiger partial charge in [0.05, 0.1) is 17.6 Å². The van der Waals surface area contributed by atoms with Crippen LogP contribution in [0.3, 0.4) is 0 Å². The lowest BCUT2D eigenvalue weighted by Crippen LogP contribution is -2.33. The molecule has 160 valence electrons. The molecule has 2 aromatic rings. The standard InChI is InChI=1S/C21H17NO8S/c1-29-16-8-12(9-17-19(25)22(10-18(23)24)21(28)31-17)5-6-15(16)30-11-13-3-2-4-14(7-13)20(26)27/h2-9H,10-11H2,1H3,(H,23,24)(H,26,27)/b17-9-. The molecular formula is C21H17NO8S. The maximum Gasteiger partial charge on any atom is 0.335 e. The number of rotatable bonds is 8. The van der Waals surface area contributed by atoms with E-state index in [1.807, 2.05) is 0 Å². The van der Waals surface area contributed by atoms with E-state index in [9.17, 15) is 19.2 Å². The highest BCUT2D eigenvalue weighted by molar-refractivity contribution is 8.18. The van der Waals surface area contributed by atoms with Gasteiger partial charge in [-0.15, -0.1) is 0 Å². The molecule has 2 aromatic carbocycles. The molecular weight excluding hydrogens is 426 g/mol. The van der Waals surface area contributed by atoms with E-state index in [1.54, 1.807) is 30.3 Å². The molecule has 1 heterocycles. The molecule has 2 N–H and O–H groups in total. The number of aromatic carboxylic acids is 1. The van der Waals surface area contributed by atoms with Crippen molar-refractivity contribution in [3.63, 3.8) is 0 Å². The Morgan fingerprint density at radius 2 is 1.87 bits per heavy atom. The minimum Gasteiger partial charge on any atom is -0.493 e. The van der Waals surface area contributed by atoms with Crippen molar-refractivity contribution in [2.24, 2.45) is 0 Å². The van der Waals surface area contributed by atoms with Gasteiger partial charge in [-0.3, -0.25) is 19.3 Å². The van der Waals surface area contributed by atoms with Crippen molar-refractivity contribution >= 4 is 40.9 Å². The van der Waals surface area contributed by atoms with Crippen molar-refractivity contribution in [2.45, 2.75) is 6.61 Å². The van der Waals surface area contributed by atoms with Crippen molar-refractivity contribution in [3.05, 3.63) is 64.1 Å². The molecule has 1 saturated heterocycles. The van der Waals surface area contributed by atoms with Crippen LogP contribution < -0.4 is 9.47 Å². The van der Waals surface area contributed by atoms with Gasteiger partial charge in [0.2, 0.25) is 0 Å². The molecule has 3 rings (SSSR count). The van der Waals surface area contributed by atoms with Crippen molar-refractivity contribution in [1.82, 2.24) is 4.90 Å². The molecule has 0 spiro atoms. The van der Waals surface area contributed by atoms with Gasteiger partial charge < -0.3 is 19.7 Å². The molecule has 0 atom stereocenters.